The Morgan fingerprint density at radius 1 is 1.18 bits per heavy atom. The van der Waals surface area contributed by atoms with Crippen molar-refractivity contribution in [2.24, 2.45) is 0 Å². The van der Waals surface area contributed by atoms with Crippen LogP contribution in [0.25, 0.3) is 5.76 Å². The number of hydrogen-bond acceptors (Lipinski definition) is 4. The van der Waals surface area contributed by atoms with E-state index in [1.54, 1.807) is 48.5 Å². The quantitative estimate of drug-likeness (QED) is 0.231. The predicted molar refractivity (Wildman–Crippen MR) is 131 cm³/mol. The summed E-state index contributed by atoms with van der Waals surface area (Å²) in [6.07, 6.45) is 2.36. The number of nitrogens with one attached hydrogen (secondary N) is 1. The molecular formula is C27H31ClN2O4. The summed E-state index contributed by atoms with van der Waals surface area (Å²) in [7, 11) is 0. The number of carbonyl (C=O) groups excluding carboxylic acids is 2. The number of benzene rings is 2. The topological polar surface area (TPSA) is 74.1 Å². The maximum atomic E-state index is 13.4. The zero-order chi connectivity index (χ0) is 24.7. The fraction of sp³-hybridized carbons (Fsp3) is 0.333. The van der Waals surface area contributed by atoms with E-state index in [2.05, 4.69) is 20.4 Å². The van der Waals surface area contributed by atoms with Crippen LogP contribution < -0.4 is 14.7 Å². The molecule has 1 amide bonds. The van der Waals surface area contributed by atoms with E-state index in [1.165, 1.54) is 9.80 Å². The van der Waals surface area contributed by atoms with Crippen LogP contribution >= 0.6 is 11.6 Å². The number of hydrogen-bond donors (Lipinski definition) is 1. The van der Waals surface area contributed by atoms with Crippen molar-refractivity contribution in [3.63, 3.8) is 0 Å². The van der Waals surface area contributed by atoms with Crippen molar-refractivity contribution in [1.82, 2.24) is 4.90 Å². The second-order valence-electron chi connectivity index (χ2n) is 8.21. The molecule has 0 bridgehead atoms. The van der Waals surface area contributed by atoms with Crippen molar-refractivity contribution >= 4 is 29.1 Å². The Labute approximate surface area is 206 Å². The molecule has 0 saturated carbocycles. The molecule has 34 heavy (non-hydrogen) atoms. The molecule has 1 heterocycles. The number of carbonyl (C=O) groups is 2. The van der Waals surface area contributed by atoms with Crippen LogP contribution in [0.4, 0.5) is 0 Å². The van der Waals surface area contributed by atoms with Gasteiger partial charge in [0.05, 0.1) is 25.7 Å². The first-order valence-electron chi connectivity index (χ1n) is 11.6. The second-order valence-corrected chi connectivity index (χ2v) is 8.65. The average Bonchev–Trinajstić information content (AvgIpc) is 3.10. The zero-order valence-electron chi connectivity index (χ0n) is 19.7. The van der Waals surface area contributed by atoms with E-state index in [-0.39, 0.29) is 5.57 Å². The lowest BCUT2D eigenvalue weighted by Crippen LogP contribution is -3.11. The lowest BCUT2D eigenvalue weighted by atomic mass is 9.95. The molecule has 1 saturated heterocycles. The van der Waals surface area contributed by atoms with Crippen LogP contribution in [0, 0.1) is 0 Å². The minimum absolute atomic E-state index is 0.0385. The molecule has 3 rings (SSSR count). The summed E-state index contributed by atoms with van der Waals surface area (Å²) >= 11 is 5.97. The van der Waals surface area contributed by atoms with Gasteiger partial charge in [-0.1, -0.05) is 54.3 Å². The van der Waals surface area contributed by atoms with Crippen LogP contribution in [-0.2, 0) is 9.59 Å². The Hall–Kier alpha value is -3.09. The molecule has 1 unspecified atom stereocenters. The highest BCUT2D eigenvalue weighted by Gasteiger charge is 2.44. The SMILES string of the molecule is C=CCOc1cccc(C2C(=C([O-])c3ccc(Cl)cc3)C(=O)C(=O)N2CCC[NH+](CC)CC)c1. The van der Waals surface area contributed by atoms with E-state index in [9.17, 15) is 14.7 Å². The molecule has 0 aliphatic carbocycles. The minimum Gasteiger partial charge on any atom is -0.872 e. The molecule has 180 valence electrons. The Balaban J connectivity index is 2.04. The van der Waals surface area contributed by atoms with Gasteiger partial charge in [-0.25, -0.2) is 0 Å². The number of Topliss-reactive ketones (excluding diaryl/α,β-unsaturated/α-hetero) is 1. The molecule has 0 aromatic heterocycles. The van der Waals surface area contributed by atoms with Crippen molar-refractivity contribution in [3.8, 4) is 5.75 Å². The first-order chi connectivity index (χ1) is 16.4. The van der Waals surface area contributed by atoms with Gasteiger partial charge >= 0.3 is 0 Å². The zero-order valence-corrected chi connectivity index (χ0v) is 20.4. The van der Waals surface area contributed by atoms with Gasteiger partial charge in [0.2, 0.25) is 5.78 Å². The standard InChI is InChI=1S/C27H31ClN2O4/c1-4-17-34-22-10-7-9-20(18-22)24-23(25(31)19-11-13-21(28)14-12-19)26(32)27(33)30(24)16-8-15-29(5-2)6-3/h4,7,9-14,18,24,31H,1,5-6,8,15-17H2,2-3H3. The summed E-state index contributed by atoms with van der Waals surface area (Å²) in [5, 5.41) is 13.9. The molecule has 1 fully saturated rings. The summed E-state index contributed by atoms with van der Waals surface area (Å²) in [6, 6.07) is 12.7. The van der Waals surface area contributed by atoms with Crippen molar-refractivity contribution in [3.05, 3.63) is 82.9 Å². The summed E-state index contributed by atoms with van der Waals surface area (Å²) in [6.45, 7) is 11.5. The maximum Gasteiger partial charge on any atom is 0.295 e. The molecule has 2 aromatic carbocycles. The van der Waals surface area contributed by atoms with Gasteiger partial charge in [-0.3, -0.25) is 9.59 Å². The third kappa shape index (κ3) is 5.69. The van der Waals surface area contributed by atoms with Gasteiger partial charge in [-0.15, -0.1) is 0 Å². The molecule has 2 aromatic rings. The number of nitrogens with zero attached hydrogens (tertiary/aromatic N) is 1. The highest BCUT2D eigenvalue weighted by Crippen LogP contribution is 2.39. The number of rotatable bonds is 11. The summed E-state index contributed by atoms with van der Waals surface area (Å²) in [5.41, 5.74) is 0.940. The first-order valence-corrected chi connectivity index (χ1v) is 12.0. The molecular weight excluding hydrogens is 452 g/mol. The second kappa shape index (κ2) is 11.9. The van der Waals surface area contributed by atoms with Gasteiger partial charge in [0, 0.05) is 23.6 Å². The van der Waals surface area contributed by atoms with Crippen LogP contribution in [-0.4, -0.2) is 49.4 Å². The van der Waals surface area contributed by atoms with Gasteiger partial charge in [0.15, 0.2) is 0 Å². The fourth-order valence-electron chi connectivity index (χ4n) is 4.24. The molecule has 1 atom stereocenters. The summed E-state index contributed by atoms with van der Waals surface area (Å²) in [5.74, 6) is -1.28. The lowest BCUT2D eigenvalue weighted by Gasteiger charge is -2.28. The Kier molecular flexibility index (Phi) is 8.91. The highest BCUT2D eigenvalue weighted by molar-refractivity contribution is 6.46. The molecule has 1 N–H and O–H groups in total. The van der Waals surface area contributed by atoms with Gasteiger partial charge in [0.25, 0.3) is 5.91 Å². The van der Waals surface area contributed by atoms with Crippen molar-refractivity contribution in [1.29, 1.82) is 0 Å². The van der Waals surface area contributed by atoms with Crippen LogP contribution in [0.2, 0.25) is 5.02 Å². The number of likely N-dealkylation sites (tertiary alicyclic amines) is 1. The van der Waals surface area contributed by atoms with Crippen molar-refractivity contribution < 1.29 is 24.3 Å². The van der Waals surface area contributed by atoms with Crippen LogP contribution in [0.15, 0.2) is 66.8 Å². The third-order valence-electron chi connectivity index (χ3n) is 6.11. The van der Waals surface area contributed by atoms with Crippen molar-refractivity contribution in [2.75, 3.05) is 32.8 Å². The van der Waals surface area contributed by atoms with E-state index in [0.717, 1.165) is 26.1 Å². The Morgan fingerprint density at radius 2 is 1.88 bits per heavy atom. The van der Waals surface area contributed by atoms with E-state index in [4.69, 9.17) is 16.3 Å². The van der Waals surface area contributed by atoms with Crippen LogP contribution in [0.5, 0.6) is 5.75 Å². The lowest BCUT2D eigenvalue weighted by molar-refractivity contribution is -0.896. The highest BCUT2D eigenvalue weighted by atomic mass is 35.5. The third-order valence-corrected chi connectivity index (χ3v) is 6.36. The fourth-order valence-corrected chi connectivity index (χ4v) is 4.36. The van der Waals surface area contributed by atoms with Gasteiger partial charge in [-0.2, -0.15) is 0 Å². The molecule has 1 aliphatic rings. The van der Waals surface area contributed by atoms with Crippen LogP contribution in [0.1, 0.15) is 37.4 Å². The van der Waals surface area contributed by atoms with E-state index >= 15 is 0 Å². The van der Waals surface area contributed by atoms with E-state index < -0.39 is 23.5 Å². The number of halogens is 1. The first kappa shape index (κ1) is 25.5. The molecule has 0 spiro atoms. The Bertz CT molecular complexity index is 1060. The van der Waals surface area contributed by atoms with E-state index in [1.807, 2.05) is 6.07 Å². The number of quaternary nitrogens is 1. The van der Waals surface area contributed by atoms with Crippen LogP contribution in [0.3, 0.4) is 0 Å². The molecule has 0 radical (unpaired) electrons. The maximum absolute atomic E-state index is 13.4. The van der Waals surface area contributed by atoms with Gasteiger partial charge < -0.3 is 19.6 Å². The minimum atomic E-state index is -0.776. The van der Waals surface area contributed by atoms with Gasteiger partial charge in [-0.05, 0) is 49.2 Å². The normalized spacial score (nSPS) is 17.4. The average molecular weight is 483 g/mol. The molecule has 7 heteroatoms. The predicted octanol–water partition coefficient (Wildman–Crippen LogP) is 2.44. The number of ether oxygens (including phenoxy) is 1. The Morgan fingerprint density at radius 3 is 2.53 bits per heavy atom. The smallest absolute Gasteiger partial charge is 0.295 e. The number of ketones is 1. The van der Waals surface area contributed by atoms with Gasteiger partial charge in [0.1, 0.15) is 12.4 Å². The van der Waals surface area contributed by atoms with Crippen molar-refractivity contribution in [2.45, 2.75) is 26.3 Å². The summed E-state index contributed by atoms with van der Waals surface area (Å²) < 4.78 is 5.66. The monoisotopic (exact) mass is 482 g/mol. The molecule has 1 aliphatic heterocycles. The largest absolute Gasteiger partial charge is 0.872 e. The number of amides is 1. The molecule has 6 nitrogen and oxygen atoms in total. The van der Waals surface area contributed by atoms with E-state index in [0.29, 0.717) is 35.1 Å². The summed E-state index contributed by atoms with van der Waals surface area (Å²) in [4.78, 5) is 29.2.